The number of imidazole rings is 1. The van der Waals surface area contributed by atoms with Crippen molar-refractivity contribution in [3.63, 3.8) is 0 Å². The second-order valence-electron chi connectivity index (χ2n) is 7.88. The van der Waals surface area contributed by atoms with E-state index >= 15 is 0 Å². The Balaban J connectivity index is 2.18. The lowest BCUT2D eigenvalue weighted by Crippen LogP contribution is -2.37. The first kappa shape index (κ1) is 19.9. The number of nitrogens with zero attached hydrogens (tertiary/aromatic N) is 3. The van der Waals surface area contributed by atoms with Crippen molar-refractivity contribution >= 4 is 11.7 Å². The third kappa shape index (κ3) is 3.61. The Morgan fingerprint density at radius 2 is 2.07 bits per heavy atom. The summed E-state index contributed by atoms with van der Waals surface area (Å²) in [7, 11) is 3.18. The zero-order chi connectivity index (χ0) is 20.5. The van der Waals surface area contributed by atoms with Gasteiger partial charge in [0, 0.05) is 12.0 Å². The van der Waals surface area contributed by atoms with Gasteiger partial charge in [-0.2, -0.15) is 0 Å². The van der Waals surface area contributed by atoms with Crippen molar-refractivity contribution < 1.29 is 19.1 Å². The molecule has 1 atom stereocenters. The molecular weight excluding hydrogens is 358 g/mol. The zero-order valence-electron chi connectivity index (χ0n) is 17.2. The van der Waals surface area contributed by atoms with Gasteiger partial charge < -0.3 is 18.9 Å². The molecule has 0 spiro atoms. The summed E-state index contributed by atoms with van der Waals surface area (Å²) >= 11 is 0. The second kappa shape index (κ2) is 7.66. The number of aromatic nitrogens is 2. The minimum absolute atomic E-state index is 0.148. The van der Waals surface area contributed by atoms with Gasteiger partial charge in [0.15, 0.2) is 0 Å². The lowest BCUT2D eigenvalue weighted by molar-refractivity contribution is 0.0359. The molecule has 0 saturated carbocycles. The molecular formula is C21H27N3O4. The van der Waals surface area contributed by atoms with Crippen LogP contribution in [0.5, 0.6) is 5.75 Å². The van der Waals surface area contributed by atoms with Crippen LogP contribution in [0.3, 0.4) is 0 Å². The van der Waals surface area contributed by atoms with E-state index in [1.807, 2.05) is 36.6 Å². The summed E-state index contributed by atoms with van der Waals surface area (Å²) < 4.78 is 12.8. The standard InChI is InChI=1S/C21H27N3O4/c1-13(2)28-20(25)18-11-22-12-24(18)19-16-9-14(26-5)7-8-15(16)17(23-27-6)10-21(19,3)4/h7-9,11-13,19H,10H2,1-6H3/b23-17+. The summed E-state index contributed by atoms with van der Waals surface area (Å²) in [6.07, 6.45) is 3.72. The van der Waals surface area contributed by atoms with E-state index in [2.05, 4.69) is 24.0 Å². The van der Waals surface area contributed by atoms with E-state index in [-0.39, 0.29) is 23.5 Å². The first-order valence-electron chi connectivity index (χ1n) is 9.29. The van der Waals surface area contributed by atoms with Crippen LogP contribution in [0.4, 0.5) is 0 Å². The van der Waals surface area contributed by atoms with Gasteiger partial charge in [-0.1, -0.05) is 19.0 Å². The molecule has 1 unspecified atom stereocenters. The minimum Gasteiger partial charge on any atom is -0.497 e. The van der Waals surface area contributed by atoms with E-state index in [0.29, 0.717) is 12.1 Å². The lowest BCUT2D eigenvalue weighted by Gasteiger charge is -2.41. The molecule has 1 aliphatic carbocycles. The summed E-state index contributed by atoms with van der Waals surface area (Å²) in [6.45, 7) is 7.94. The molecule has 0 saturated heterocycles. The van der Waals surface area contributed by atoms with E-state index in [9.17, 15) is 4.79 Å². The number of hydrogen-bond donors (Lipinski definition) is 0. The fourth-order valence-corrected chi connectivity index (χ4v) is 3.86. The number of rotatable bonds is 5. The number of benzene rings is 1. The Labute approximate surface area is 165 Å². The predicted octanol–water partition coefficient (Wildman–Crippen LogP) is 3.83. The highest BCUT2D eigenvalue weighted by molar-refractivity contribution is 6.03. The number of fused-ring (bicyclic) bond motifs is 1. The van der Waals surface area contributed by atoms with Gasteiger partial charge in [0.05, 0.1) is 37.5 Å². The summed E-state index contributed by atoms with van der Waals surface area (Å²) in [4.78, 5) is 22.0. The van der Waals surface area contributed by atoms with Gasteiger partial charge in [-0.05, 0) is 43.0 Å². The largest absolute Gasteiger partial charge is 0.497 e. The van der Waals surface area contributed by atoms with Crippen LogP contribution in [0.2, 0.25) is 0 Å². The quantitative estimate of drug-likeness (QED) is 0.578. The third-order valence-electron chi connectivity index (χ3n) is 4.93. The fraction of sp³-hybridized carbons (Fsp3) is 0.476. The molecule has 1 aliphatic rings. The molecule has 0 aliphatic heterocycles. The number of ether oxygens (including phenoxy) is 2. The number of methoxy groups -OCH3 is 1. The molecule has 0 N–H and O–H groups in total. The molecule has 1 aromatic heterocycles. The van der Waals surface area contributed by atoms with Gasteiger partial charge >= 0.3 is 5.97 Å². The van der Waals surface area contributed by atoms with Crippen LogP contribution in [-0.4, -0.2) is 41.6 Å². The Hall–Kier alpha value is -2.83. The molecule has 150 valence electrons. The maximum atomic E-state index is 12.6. The third-order valence-corrected chi connectivity index (χ3v) is 4.93. The highest BCUT2D eigenvalue weighted by Crippen LogP contribution is 2.47. The monoisotopic (exact) mass is 385 g/mol. The van der Waals surface area contributed by atoms with Gasteiger partial charge in [0.1, 0.15) is 18.6 Å². The fourth-order valence-electron chi connectivity index (χ4n) is 3.86. The lowest BCUT2D eigenvalue weighted by atomic mass is 9.69. The predicted molar refractivity (Wildman–Crippen MR) is 106 cm³/mol. The van der Waals surface area contributed by atoms with Gasteiger partial charge in [0.25, 0.3) is 0 Å². The van der Waals surface area contributed by atoms with Gasteiger partial charge in [-0.3, -0.25) is 0 Å². The van der Waals surface area contributed by atoms with Crippen LogP contribution < -0.4 is 4.74 Å². The van der Waals surface area contributed by atoms with E-state index < -0.39 is 0 Å². The van der Waals surface area contributed by atoms with Crippen LogP contribution >= 0.6 is 0 Å². The summed E-state index contributed by atoms with van der Waals surface area (Å²) in [5, 5.41) is 4.25. The van der Waals surface area contributed by atoms with Gasteiger partial charge in [0.2, 0.25) is 0 Å². The number of hydrogen-bond acceptors (Lipinski definition) is 6. The molecule has 1 aromatic carbocycles. The molecule has 1 heterocycles. The first-order chi connectivity index (χ1) is 13.3. The van der Waals surface area contributed by atoms with E-state index in [4.69, 9.17) is 14.3 Å². The summed E-state index contributed by atoms with van der Waals surface area (Å²) in [6, 6.07) is 5.73. The Kier molecular flexibility index (Phi) is 5.45. The molecule has 0 fully saturated rings. The summed E-state index contributed by atoms with van der Waals surface area (Å²) in [5.74, 6) is 0.355. The molecule has 2 aromatic rings. The maximum absolute atomic E-state index is 12.6. The molecule has 0 bridgehead atoms. The molecule has 0 amide bonds. The Morgan fingerprint density at radius 1 is 1.32 bits per heavy atom. The molecule has 0 radical (unpaired) electrons. The average Bonchev–Trinajstić information content (AvgIpc) is 3.09. The SMILES string of the molecule is CO/N=C1\CC(C)(C)C(n2cncc2C(=O)OC(C)C)c2cc(OC)ccc21. The van der Waals surface area contributed by atoms with E-state index in [1.165, 1.54) is 0 Å². The topological polar surface area (TPSA) is 74.9 Å². The number of esters is 1. The smallest absolute Gasteiger partial charge is 0.356 e. The zero-order valence-corrected chi connectivity index (χ0v) is 17.2. The van der Waals surface area contributed by atoms with Crippen LogP contribution in [-0.2, 0) is 9.57 Å². The number of carbonyl (C=O) groups is 1. The normalized spacial score (nSPS) is 19.4. The van der Waals surface area contributed by atoms with Crippen LogP contribution in [0.25, 0.3) is 0 Å². The van der Waals surface area contributed by atoms with Crippen molar-refractivity contribution in [2.75, 3.05) is 14.2 Å². The number of carbonyl (C=O) groups excluding carboxylic acids is 1. The molecule has 7 nitrogen and oxygen atoms in total. The average molecular weight is 385 g/mol. The highest BCUT2D eigenvalue weighted by atomic mass is 16.6. The molecule has 7 heteroatoms. The maximum Gasteiger partial charge on any atom is 0.356 e. The van der Waals surface area contributed by atoms with Crippen molar-refractivity contribution in [1.29, 1.82) is 0 Å². The Bertz CT molecular complexity index is 899. The van der Waals surface area contributed by atoms with Crippen molar-refractivity contribution in [2.45, 2.75) is 46.3 Å². The van der Waals surface area contributed by atoms with Gasteiger partial charge in [-0.15, -0.1) is 0 Å². The van der Waals surface area contributed by atoms with Crippen molar-refractivity contribution in [3.8, 4) is 5.75 Å². The van der Waals surface area contributed by atoms with E-state index in [1.54, 1.807) is 26.7 Å². The van der Waals surface area contributed by atoms with Crippen molar-refractivity contribution in [2.24, 2.45) is 10.6 Å². The molecule has 28 heavy (non-hydrogen) atoms. The number of oxime groups is 1. The van der Waals surface area contributed by atoms with Gasteiger partial charge in [-0.25, -0.2) is 9.78 Å². The molecule has 3 rings (SSSR count). The van der Waals surface area contributed by atoms with Crippen LogP contribution in [0.15, 0.2) is 35.9 Å². The summed E-state index contributed by atoms with van der Waals surface area (Å²) in [5.41, 5.74) is 3.01. The Morgan fingerprint density at radius 3 is 2.71 bits per heavy atom. The van der Waals surface area contributed by atoms with E-state index in [0.717, 1.165) is 22.6 Å². The van der Waals surface area contributed by atoms with Crippen molar-refractivity contribution in [3.05, 3.63) is 47.5 Å². The van der Waals surface area contributed by atoms with Crippen molar-refractivity contribution in [1.82, 2.24) is 9.55 Å². The van der Waals surface area contributed by atoms with Crippen LogP contribution in [0, 0.1) is 5.41 Å². The highest BCUT2D eigenvalue weighted by Gasteiger charge is 2.42. The first-order valence-corrected chi connectivity index (χ1v) is 9.29. The minimum atomic E-state index is -0.385. The second-order valence-corrected chi connectivity index (χ2v) is 7.88. The van der Waals surface area contributed by atoms with Crippen LogP contribution in [0.1, 0.15) is 61.8 Å².